The number of nitrogens with one attached hydrogen (secondary N) is 1. The summed E-state index contributed by atoms with van der Waals surface area (Å²) in [5.74, 6) is 0.434. The van der Waals surface area contributed by atoms with Crippen LogP contribution in [-0.4, -0.2) is 0 Å². The van der Waals surface area contributed by atoms with Crippen LogP contribution in [0.15, 0.2) is 54.6 Å². The van der Waals surface area contributed by atoms with Crippen LogP contribution in [0.3, 0.4) is 0 Å². The van der Waals surface area contributed by atoms with Crippen molar-refractivity contribution < 1.29 is 4.74 Å². The molecule has 0 aliphatic rings. The first-order chi connectivity index (χ1) is 12.9. The molecule has 0 amide bonds. The van der Waals surface area contributed by atoms with Crippen molar-refractivity contribution in [2.75, 3.05) is 5.32 Å². The summed E-state index contributed by atoms with van der Waals surface area (Å²) in [6, 6.07) is 17.1. The van der Waals surface area contributed by atoms with Gasteiger partial charge in [-0.25, -0.2) is 0 Å². The molecular weight excluding hydrogens is 424 g/mol. The van der Waals surface area contributed by atoms with Crippen LogP contribution < -0.4 is 10.1 Å². The first-order valence-electron chi connectivity index (χ1n) is 8.27. The molecule has 6 heteroatoms. The molecule has 27 heavy (non-hydrogen) atoms. The van der Waals surface area contributed by atoms with Crippen molar-refractivity contribution in [3.8, 4) is 5.75 Å². The quantitative estimate of drug-likeness (QED) is 0.422. The van der Waals surface area contributed by atoms with Crippen molar-refractivity contribution in [3.05, 3.63) is 91.4 Å². The first-order valence-corrected chi connectivity index (χ1v) is 9.79. The van der Waals surface area contributed by atoms with Crippen LogP contribution in [0.5, 0.6) is 5.75 Å². The highest BCUT2D eigenvalue weighted by Gasteiger charge is 2.11. The third-order valence-corrected chi connectivity index (χ3v) is 5.11. The van der Waals surface area contributed by atoms with Crippen LogP contribution in [0.4, 0.5) is 5.69 Å². The minimum atomic E-state index is 0.246. The molecule has 3 aromatic rings. The van der Waals surface area contributed by atoms with E-state index < -0.39 is 0 Å². The average Bonchev–Trinajstić information content (AvgIpc) is 2.61. The first kappa shape index (κ1) is 20.2. The zero-order chi connectivity index (χ0) is 19.4. The molecule has 2 nitrogen and oxygen atoms in total. The van der Waals surface area contributed by atoms with Gasteiger partial charge in [-0.15, -0.1) is 0 Å². The van der Waals surface area contributed by atoms with Crippen molar-refractivity contribution in [1.82, 2.24) is 0 Å². The maximum absolute atomic E-state index is 6.38. The molecule has 3 rings (SSSR count). The summed E-state index contributed by atoms with van der Waals surface area (Å²) in [6.07, 6.45) is 0. The van der Waals surface area contributed by atoms with E-state index in [1.54, 1.807) is 12.1 Å². The zero-order valence-electron chi connectivity index (χ0n) is 14.5. The number of ether oxygens (including phenoxy) is 1. The smallest absolute Gasteiger partial charge is 0.156 e. The van der Waals surface area contributed by atoms with Crippen LogP contribution in [-0.2, 0) is 13.2 Å². The van der Waals surface area contributed by atoms with Crippen molar-refractivity contribution in [2.45, 2.75) is 20.1 Å². The number of benzene rings is 3. The molecule has 0 atom stereocenters. The Morgan fingerprint density at radius 1 is 0.852 bits per heavy atom. The Hall–Kier alpha value is -1.58. The third-order valence-electron chi connectivity index (χ3n) is 3.96. The van der Waals surface area contributed by atoms with Crippen LogP contribution >= 0.6 is 46.4 Å². The summed E-state index contributed by atoms with van der Waals surface area (Å²) in [7, 11) is 0. The van der Waals surface area contributed by atoms with Crippen LogP contribution in [0, 0.1) is 6.92 Å². The lowest BCUT2D eigenvalue weighted by Gasteiger charge is -2.14. The number of anilines is 1. The van der Waals surface area contributed by atoms with E-state index in [1.807, 2.05) is 30.3 Å². The molecule has 0 aliphatic carbocycles. The van der Waals surface area contributed by atoms with Crippen LogP contribution in [0.25, 0.3) is 0 Å². The summed E-state index contributed by atoms with van der Waals surface area (Å²) in [5.41, 5.74) is 4.00. The number of aryl methyl sites for hydroxylation is 1. The van der Waals surface area contributed by atoms with Gasteiger partial charge in [0.25, 0.3) is 0 Å². The number of hydrogen-bond acceptors (Lipinski definition) is 2. The maximum Gasteiger partial charge on any atom is 0.156 e. The van der Waals surface area contributed by atoms with Crippen LogP contribution in [0.2, 0.25) is 20.1 Å². The fourth-order valence-electron chi connectivity index (χ4n) is 2.60. The SMILES string of the molecule is Cc1cccc(NCc2cc(Cl)c(OCc3ccc(Cl)cc3Cl)c(Cl)c2)c1. The zero-order valence-corrected chi connectivity index (χ0v) is 17.6. The lowest BCUT2D eigenvalue weighted by atomic mass is 10.2. The average molecular weight is 441 g/mol. The highest BCUT2D eigenvalue weighted by atomic mass is 35.5. The van der Waals surface area contributed by atoms with E-state index in [4.69, 9.17) is 51.1 Å². The van der Waals surface area contributed by atoms with E-state index in [0.29, 0.717) is 32.4 Å². The Kier molecular flexibility index (Phi) is 6.78. The maximum atomic E-state index is 6.38. The van der Waals surface area contributed by atoms with Gasteiger partial charge < -0.3 is 10.1 Å². The molecule has 0 spiro atoms. The second kappa shape index (κ2) is 9.07. The molecule has 0 heterocycles. The second-order valence-electron chi connectivity index (χ2n) is 6.14. The standard InChI is InChI=1S/C21H17Cl4NO/c1-13-3-2-4-17(7-13)26-11-14-8-19(24)21(20(25)9-14)27-12-15-5-6-16(22)10-18(15)23/h2-10,26H,11-12H2,1H3. The Labute approximate surface area is 179 Å². The highest BCUT2D eigenvalue weighted by Crippen LogP contribution is 2.35. The Bertz CT molecular complexity index is 936. The van der Waals surface area contributed by atoms with Gasteiger partial charge in [0.1, 0.15) is 6.61 Å². The number of rotatable bonds is 6. The van der Waals surface area contributed by atoms with Crippen molar-refractivity contribution in [3.63, 3.8) is 0 Å². The van der Waals surface area contributed by atoms with E-state index in [-0.39, 0.29) is 6.61 Å². The molecular formula is C21H17Cl4NO. The minimum Gasteiger partial charge on any atom is -0.486 e. The summed E-state index contributed by atoms with van der Waals surface area (Å²) < 4.78 is 5.80. The summed E-state index contributed by atoms with van der Waals surface area (Å²) in [5, 5.41) is 5.37. The van der Waals surface area contributed by atoms with E-state index in [2.05, 4.69) is 24.4 Å². The molecule has 0 radical (unpaired) electrons. The van der Waals surface area contributed by atoms with E-state index >= 15 is 0 Å². The summed E-state index contributed by atoms with van der Waals surface area (Å²) in [4.78, 5) is 0. The van der Waals surface area contributed by atoms with Gasteiger partial charge >= 0.3 is 0 Å². The molecule has 0 saturated carbocycles. The van der Waals surface area contributed by atoms with Gasteiger partial charge in [0.05, 0.1) is 10.0 Å². The monoisotopic (exact) mass is 439 g/mol. The molecule has 3 aromatic carbocycles. The van der Waals surface area contributed by atoms with Gasteiger partial charge in [-0.05, 0) is 54.4 Å². The lowest BCUT2D eigenvalue weighted by molar-refractivity contribution is 0.306. The largest absolute Gasteiger partial charge is 0.486 e. The van der Waals surface area contributed by atoms with Crippen LogP contribution in [0.1, 0.15) is 16.7 Å². The predicted molar refractivity (Wildman–Crippen MR) is 116 cm³/mol. The molecule has 0 aliphatic heterocycles. The molecule has 0 aromatic heterocycles. The topological polar surface area (TPSA) is 21.3 Å². The fourth-order valence-corrected chi connectivity index (χ4v) is 3.70. The van der Waals surface area contributed by atoms with Crippen molar-refractivity contribution in [2.24, 2.45) is 0 Å². The van der Waals surface area contributed by atoms with Crippen molar-refractivity contribution in [1.29, 1.82) is 0 Å². The van der Waals surface area contributed by atoms with Gasteiger partial charge in [-0.1, -0.05) is 64.6 Å². The van der Waals surface area contributed by atoms with Gasteiger partial charge in [-0.2, -0.15) is 0 Å². The molecule has 0 fully saturated rings. The molecule has 0 unspecified atom stereocenters. The highest BCUT2D eigenvalue weighted by molar-refractivity contribution is 6.37. The summed E-state index contributed by atoms with van der Waals surface area (Å²) >= 11 is 24.8. The molecule has 0 saturated heterocycles. The summed E-state index contributed by atoms with van der Waals surface area (Å²) in [6.45, 7) is 2.90. The Morgan fingerprint density at radius 2 is 1.59 bits per heavy atom. The predicted octanol–water partition coefficient (Wildman–Crippen LogP) is 7.80. The third kappa shape index (κ3) is 5.46. The lowest BCUT2D eigenvalue weighted by Crippen LogP contribution is -2.02. The normalized spacial score (nSPS) is 10.7. The van der Waals surface area contributed by atoms with Crippen molar-refractivity contribution >= 4 is 52.1 Å². The molecule has 140 valence electrons. The fraction of sp³-hybridized carbons (Fsp3) is 0.143. The second-order valence-corrected chi connectivity index (χ2v) is 7.79. The minimum absolute atomic E-state index is 0.246. The van der Waals surface area contributed by atoms with Gasteiger partial charge in [0.2, 0.25) is 0 Å². The van der Waals surface area contributed by atoms with E-state index in [1.165, 1.54) is 5.56 Å². The Balaban J connectivity index is 1.69. The Morgan fingerprint density at radius 3 is 2.26 bits per heavy atom. The number of halogens is 4. The van der Waals surface area contributed by atoms with Gasteiger partial charge in [0.15, 0.2) is 5.75 Å². The van der Waals surface area contributed by atoms with E-state index in [0.717, 1.165) is 16.8 Å². The van der Waals surface area contributed by atoms with Gasteiger partial charge in [-0.3, -0.25) is 0 Å². The molecule has 0 bridgehead atoms. The van der Waals surface area contributed by atoms with Gasteiger partial charge in [0, 0.05) is 27.8 Å². The molecule has 1 N–H and O–H groups in total. The number of hydrogen-bond donors (Lipinski definition) is 1. The van der Waals surface area contributed by atoms with E-state index in [9.17, 15) is 0 Å².